The zero-order chi connectivity index (χ0) is 13.2. The van der Waals surface area contributed by atoms with E-state index in [1.54, 1.807) is 11.3 Å². The Morgan fingerprint density at radius 1 is 1.58 bits per heavy atom. The lowest BCUT2D eigenvalue weighted by Gasteiger charge is -2.29. The topological polar surface area (TPSA) is 55.3 Å². The molecule has 1 saturated heterocycles. The lowest BCUT2D eigenvalue weighted by Crippen LogP contribution is -2.42. The predicted octanol–water partition coefficient (Wildman–Crippen LogP) is 2.63. The molecule has 102 valence electrons. The summed E-state index contributed by atoms with van der Waals surface area (Å²) in [6.07, 6.45) is 2.31. The fourth-order valence-corrected chi connectivity index (χ4v) is 3.18. The Bertz CT molecular complexity index is 535. The molecule has 2 aromatic heterocycles. The van der Waals surface area contributed by atoms with Crippen molar-refractivity contribution >= 4 is 11.3 Å². The molecule has 0 aromatic carbocycles. The van der Waals surface area contributed by atoms with Gasteiger partial charge in [-0.25, -0.2) is 4.98 Å². The van der Waals surface area contributed by atoms with Gasteiger partial charge in [0.05, 0.1) is 10.6 Å². The van der Waals surface area contributed by atoms with E-state index in [1.165, 1.54) is 6.42 Å². The number of rotatable bonds is 3. The Kier molecular flexibility index (Phi) is 3.68. The van der Waals surface area contributed by atoms with Gasteiger partial charge in [0, 0.05) is 19.1 Å². The molecule has 0 saturated carbocycles. The van der Waals surface area contributed by atoms with Crippen molar-refractivity contribution in [1.29, 1.82) is 0 Å². The Morgan fingerprint density at radius 3 is 3.21 bits per heavy atom. The van der Waals surface area contributed by atoms with Gasteiger partial charge >= 0.3 is 0 Å². The first-order chi connectivity index (χ1) is 9.22. The van der Waals surface area contributed by atoms with Crippen molar-refractivity contribution in [1.82, 2.24) is 9.88 Å². The average Bonchev–Trinajstić information content (AvgIpc) is 3.00. The normalized spacial score (nSPS) is 20.8. The lowest BCUT2D eigenvalue weighted by atomic mass is 10.1. The standard InChI is InChI=1S/C14H19N3OS/c1-10-12(9-17-6-2-4-11(15)8-17)16-14(18-10)13-5-3-7-19-13/h3,5,7,11H,2,4,6,8-9,15H2,1H3/t11-/m1/s1. The molecule has 0 unspecified atom stereocenters. The molecular formula is C14H19N3OS. The summed E-state index contributed by atoms with van der Waals surface area (Å²) in [5.41, 5.74) is 7.05. The summed E-state index contributed by atoms with van der Waals surface area (Å²) in [5.74, 6) is 1.66. The highest BCUT2D eigenvalue weighted by molar-refractivity contribution is 7.13. The molecule has 0 amide bonds. The summed E-state index contributed by atoms with van der Waals surface area (Å²) in [4.78, 5) is 8.09. The number of hydrogen-bond donors (Lipinski definition) is 1. The monoisotopic (exact) mass is 277 g/mol. The minimum Gasteiger partial charge on any atom is -0.440 e. The van der Waals surface area contributed by atoms with Crippen molar-refractivity contribution in [2.45, 2.75) is 32.4 Å². The van der Waals surface area contributed by atoms with Crippen LogP contribution in [0.5, 0.6) is 0 Å². The van der Waals surface area contributed by atoms with Crippen LogP contribution in [0.25, 0.3) is 10.8 Å². The number of aromatic nitrogens is 1. The molecule has 5 heteroatoms. The van der Waals surface area contributed by atoms with Crippen LogP contribution in [0.2, 0.25) is 0 Å². The quantitative estimate of drug-likeness (QED) is 0.937. The summed E-state index contributed by atoms with van der Waals surface area (Å²) in [6, 6.07) is 4.36. The lowest BCUT2D eigenvalue weighted by molar-refractivity contribution is 0.199. The maximum absolute atomic E-state index is 6.02. The SMILES string of the molecule is Cc1oc(-c2cccs2)nc1CN1CCC[C@@H](N)C1. The maximum Gasteiger partial charge on any atom is 0.236 e. The van der Waals surface area contributed by atoms with Crippen LogP contribution in [0, 0.1) is 6.92 Å². The van der Waals surface area contributed by atoms with Crippen LogP contribution in [0.4, 0.5) is 0 Å². The van der Waals surface area contributed by atoms with E-state index in [-0.39, 0.29) is 0 Å². The predicted molar refractivity (Wildman–Crippen MR) is 77.0 cm³/mol. The van der Waals surface area contributed by atoms with Gasteiger partial charge in [0.1, 0.15) is 5.76 Å². The third-order valence-corrected chi connectivity index (χ3v) is 4.40. The molecule has 0 radical (unpaired) electrons. The number of aryl methyl sites for hydroxylation is 1. The van der Waals surface area contributed by atoms with Gasteiger partial charge in [-0.1, -0.05) is 6.07 Å². The van der Waals surface area contributed by atoms with Gasteiger partial charge in [-0.05, 0) is 37.8 Å². The van der Waals surface area contributed by atoms with Crippen LogP contribution in [0.15, 0.2) is 21.9 Å². The van der Waals surface area contributed by atoms with Crippen LogP contribution in [0.3, 0.4) is 0 Å². The average molecular weight is 277 g/mol. The van der Waals surface area contributed by atoms with Crippen LogP contribution in [0.1, 0.15) is 24.3 Å². The smallest absolute Gasteiger partial charge is 0.236 e. The molecular weight excluding hydrogens is 258 g/mol. The highest BCUT2D eigenvalue weighted by Crippen LogP contribution is 2.26. The summed E-state index contributed by atoms with van der Waals surface area (Å²) >= 11 is 1.65. The molecule has 1 fully saturated rings. The highest BCUT2D eigenvalue weighted by atomic mass is 32.1. The summed E-state index contributed by atoms with van der Waals surface area (Å²) in [6.45, 7) is 4.90. The van der Waals surface area contributed by atoms with Crippen molar-refractivity contribution in [2.75, 3.05) is 13.1 Å². The van der Waals surface area contributed by atoms with Crippen molar-refractivity contribution in [3.63, 3.8) is 0 Å². The van der Waals surface area contributed by atoms with Crippen molar-refractivity contribution in [3.8, 4) is 10.8 Å². The summed E-state index contributed by atoms with van der Waals surface area (Å²) in [7, 11) is 0. The zero-order valence-corrected chi connectivity index (χ0v) is 11.9. The largest absolute Gasteiger partial charge is 0.440 e. The fraction of sp³-hybridized carbons (Fsp3) is 0.500. The molecule has 3 heterocycles. The van der Waals surface area contributed by atoms with E-state index in [9.17, 15) is 0 Å². The number of hydrogen-bond acceptors (Lipinski definition) is 5. The first-order valence-electron chi connectivity index (χ1n) is 6.70. The molecule has 4 nitrogen and oxygen atoms in total. The summed E-state index contributed by atoms with van der Waals surface area (Å²) in [5, 5.41) is 2.04. The van der Waals surface area contributed by atoms with Crippen LogP contribution < -0.4 is 5.73 Å². The van der Waals surface area contributed by atoms with Crippen molar-refractivity contribution < 1.29 is 4.42 Å². The number of likely N-dealkylation sites (tertiary alicyclic amines) is 1. The van der Waals surface area contributed by atoms with E-state index in [0.29, 0.717) is 6.04 Å². The van der Waals surface area contributed by atoms with E-state index in [4.69, 9.17) is 10.2 Å². The molecule has 1 aliphatic rings. The van der Waals surface area contributed by atoms with Gasteiger partial charge < -0.3 is 10.2 Å². The van der Waals surface area contributed by atoms with Crippen molar-refractivity contribution in [2.24, 2.45) is 5.73 Å². The van der Waals surface area contributed by atoms with E-state index >= 15 is 0 Å². The second-order valence-electron chi connectivity index (χ2n) is 5.14. The number of nitrogens with zero attached hydrogens (tertiary/aromatic N) is 2. The van der Waals surface area contributed by atoms with Gasteiger partial charge in [-0.15, -0.1) is 11.3 Å². The van der Waals surface area contributed by atoms with Gasteiger partial charge in [-0.2, -0.15) is 0 Å². The molecule has 0 spiro atoms. The van der Waals surface area contributed by atoms with Gasteiger partial charge in [0.2, 0.25) is 5.89 Å². The maximum atomic E-state index is 6.02. The van der Waals surface area contributed by atoms with Crippen LogP contribution >= 0.6 is 11.3 Å². The van der Waals surface area contributed by atoms with Crippen LogP contribution in [-0.2, 0) is 6.54 Å². The molecule has 0 aliphatic carbocycles. The molecule has 3 rings (SSSR count). The van der Waals surface area contributed by atoms with Gasteiger partial charge in [0.25, 0.3) is 0 Å². The third-order valence-electron chi connectivity index (χ3n) is 3.54. The third kappa shape index (κ3) is 2.88. The summed E-state index contributed by atoms with van der Waals surface area (Å²) < 4.78 is 5.77. The Morgan fingerprint density at radius 2 is 2.47 bits per heavy atom. The second kappa shape index (κ2) is 5.45. The number of nitrogens with two attached hydrogens (primary N) is 1. The van der Waals surface area contributed by atoms with Gasteiger partial charge in [-0.3, -0.25) is 4.90 Å². The zero-order valence-electron chi connectivity index (χ0n) is 11.1. The molecule has 0 bridgehead atoms. The minimum atomic E-state index is 0.303. The molecule has 2 N–H and O–H groups in total. The van der Waals surface area contributed by atoms with Crippen LogP contribution in [-0.4, -0.2) is 29.0 Å². The molecule has 2 aromatic rings. The van der Waals surface area contributed by atoms with E-state index in [2.05, 4.69) is 9.88 Å². The Labute approximate surface area is 117 Å². The first-order valence-corrected chi connectivity index (χ1v) is 7.58. The number of piperidine rings is 1. The first kappa shape index (κ1) is 12.8. The minimum absolute atomic E-state index is 0.303. The number of thiophene rings is 1. The second-order valence-corrected chi connectivity index (χ2v) is 6.08. The van der Waals surface area contributed by atoms with E-state index in [0.717, 1.165) is 48.3 Å². The molecule has 1 atom stereocenters. The highest BCUT2D eigenvalue weighted by Gasteiger charge is 2.20. The Hall–Kier alpha value is -1.17. The number of oxazole rings is 1. The Balaban J connectivity index is 1.74. The van der Waals surface area contributed by atoms with E-state index in [1.807, 2.05) is 24.4 Å². The van der Waals surface area contributed by atoms with Crippen molar-refractivity contribution in [3.05, 3.63) is 29.0 Å². The molecule has 1 aliphatic heterocycles. The van der Waals surface area contributed by atoms with E-state index < -0.39 is 0 Å². The molecule has 19 heavy (non-hydrogen) atoms. The van der Waals surface area contributed by atoms with Gasteiger partial charge in [0.15, 0.2) is 0 Å². The fourth-order valence-electron chi connectivity index (χ4n) is 2.53.